The number of pyridine rings is 1. The van der Waals surface area contributed by atoms with Crippen LogP contribution in [0.2, 0.25) is 0 Å². The van der Waals surface area contributed by atoms with Crippen molar-refractivity contribution in [3.8, 4) is 11.1 Å². The molecule has 0 bridgehead atoms. The van der Waals surface area contributed by atoms with Crippen LogP contribution in [-0.2, 0) is 16.3 Å². The van der Waals surface area contributed by atoms with E-state index < -0.39 is 15.7 Å². The van der Waals surface area contributed by atoms with Crippen molar-refractivity contribution in [1.29, 1.82) is 0 Å². The molecule has 0 radical (unpaired) electrons. The number of benzene rings is 2. The minimum atomic E-state index is -3.58. The molecular formula is C22H17N3O3S. The number of nitrogens with one attached hydrogen (secondary N) is 1. The van der Waals surface area contributed by atoms with Crippen LogP contribution < -0.4 is 5.32 Å². The van der Waals surface area contributed by atoms with Gasteiger partial charge in [-0.05, 0) is 52.9 Å². The summed E-state index contributed by atoms with van der Waals surface area (Å²) < 4.78 is 25.5. The first-order valence-electron chi connectivity index (χ1n) is 9.11. The molecular weight excluding hydrogens is 386 g/mol. The maximum Gasteiger partial charge on any atom is 0.276 e. The van der Waals surface area contributed by atoms with Crippen molar-refractivity contribution in [3.05, 3.63) is 83.7 Å². The zero-order valence-corrected chi connectivity index (χ0v) is 16.4. The quantitative estimate of drug-likeness (QED) is 0.499. The number of hydrogen-bond donors (Lipinski definition) is 1. The molecule has 0 spiro atoms. The summed E-state index contributed by atoms with van der Waals surface area (Å²) in [6, 6.07) is 19.2. The number of fused-ring (bicyclic) bond motifs is 4. The molecule has 0 fully saturated rings. The number of imidazole rings is 1. The normalized spacial score (nSPS) is 12.6. The summed E-state index contributed by atoms with van der Waals surface area (Å²) in [5.74, 6) is -0.445. The first-order valence-corrected chi connectivity index (χ1v) is 11.0. The van der Waals surface area contributed by atoms with E-state index in [1.807, 2.05) is 30.3 Å². The molecule has 29 heavy (non-hydrogen) atoms. The third-order valence-corrected chi connectivity index (χ3v) is 6.07. The first-order chi connectivity index (χ1) is 13.9. The Labute approximate surface area is 167 Å². The highest BCUT2D eigenvalue weighted by Crippen LogP contribution is 2.37. The lowest BCUT2D eigenvalue weighted by Gasteiger charge is -2.07. The third kappa shape index (κ3) is 2.91. The van der Waals surface area contributed by atoms with Crippen molar-refractivity contribution in [3.63, 3.8) is 0 Å². The first kappa shape index (κ1) is 17.6. The van der Waals surface area contributed by atoms with Gasteiger partial charge in [-0.3, -0.25) is 9.20 Å². The average molecular weight is 403 g/mol. The second-order valence-electron chi connectivity index (χ2n) is 7.13. The Morgan fingerprint density at radius 3 is 2.59 bits per heavy atom. The van der Waals surface area contributed by atoms with Gasteiger partial charge in [0.2, 0.25) is 15.0 Å². The maximum atomic E-state index is 12.9. The minimum Gasteiger partial charge on any atom is -0.321 e. The number of carbonyl (C=O) groups excluding carboxylic acids is 1. The van der Waals surface area contributed by atoms with Crippen LogP contribution in [-0.4, -0.2) is 30.0 Å². The van der Waals surface area contributed by atoms with Gasteiger partial charge in [-0.1, -0.05) is 36.4 Å². The molecule has 2 aromatic carbocycles. The van der Waals surface area contributed by atoms with Gasteiger partial charge in [0, 0.05) is 18.1 Å². The lowest BCUT2D eigenvalue weighted by molar-refractivity contribution is 0.102. The van der Waals surface area contributed by atoms with E-state index in [0.717, 1.165) is 18.2 Å². The van der Waals surface area contributed by atoms with Crippen LogP contribution in [0.5, 0.6) is 0 Å². The van der Waals surface area contributed by atoms with Crippen molar-refractivity contribution in [2.75, 3.05) is 11.6 Å². The number of amides is 1. The number of nitrogens with zero attached hydrogens (tertiary/aromatic N) is 2. The van der Waals surface area contributed by atoms with Gasteiger partial charge < -0.3 is 5.32 Å². The molecule has 6 nitrogen and oxygen atoms in total. The number of rotatable bonds is 3. The molecule has 0 aliphatic heterocycles. The fourth-order valence-electron chi connectivity index (χ4n) is 3.85. The van der Waals surface area contributed by atoms with Gasteiger partial charge >= 0.3 is 0 Å². The molecule has 1 N–H and O–H groups in total. The van der Waals surface area contributed by atoms with E-state index in [1.165, 1.54) is 21.1 Å². The van der Waals surface area contributed by atoms with Gasteiger partial charge in [0.25, 0.3) is 5.91 Å². The van der Waals surface area contributed by atoms with Crippen LogP contribution in [0.1, 0.15) is 21.6 Å². The highest BCUT2D eigenvalue weighted by Gasteiger charge is 2.23. The zero-order chi connectivity index (χ0) is 20.2. The van der Waals surface area contributed by atoms with E-state index in [1.54, 1.807) is 24.4 Å². The molecule has 0 atom stereocenters. The molecule has 2 heterocycles. The van der Waals surface area contributed by atoms with E-state index in [0.29, 0.717) is 11.2 Å². The van der Waals surface area contributed by atoms with Gasteiger partial charge in [0.15, 0.2) is 5.69 Å². The summed E-state index contributed by atoms with van der Waals surface area (Å²) in [5.41, 5.74) is 5.98. The Hall–Kier alpha value is -3.45. The summed E-state index contributed by atoms with van der Waals surface area (Å²) in [6.45, 7) is 0. The molecule has 0 unspecified atom stereocenters. The molecule has 2 aromatic heterocycles. The molecule has 1 aliphatic rings. The Morgan fingerprint density at radius 2 is 1.76 bits per heavy atom. The fraction of sp³-hybridized carbons (Fsp3) is 0.0909. The number of hydrogen-bond acceptors (Lipinski definition) is 4. The topological polar surface area (TPSA) is 80.5 Å². The lowest BCUT2D eigenvalue weighted by atomic mass is 10.1. The highest BCUT2D eigenvalue weighted by atomic mass is 32.2. The predicted octanol–water partition coefficient (Wildman–Crippen LogP) is 3.56. The van der Waals surface area contributed by atoms with Crippen LogP contribution in [0.15, 0.2) is 72.0 Å². The monoisotopic (exact) mass is 403 g/mol. The minimum absolute atomic E-state index is 0.0785. The molecule has 4 aromatic rings. The average Bonchev–Trinajstić information content (AvgIpc) is 3.26. The molecule has 0 saturated heterocycles. The Balaban J connectivity index is 1.50. The van der Waals surface area contributed by atoms with Gasteiger partial charge in [-0.15, -0.1) is 0 Å². The largest absolute Gasteiger partial charge is 0.321 e. The molecule has 5 rings (SSSR count). The van der Waals surface area contributed by atoms with E-state index in [2.05, 4.69) is 22.4 Å². The van der Waals surface area contributed by atoms with Crippen LogP contribution in [0.25, 0.3) is 16.6 Å². The SMILES string of the molecule is CS(=O)(=O)c1nc(C(=O)Nc2ccc3c(c2)Cc2ccccc2-3)c2ccccn12. The summed E-state index contributed by atoms with van der Waals surface area (Å²) in [6.07, 6.45) is 3.48. The van der Waals surface area contributed by atoms with Crippen molar-refractivity contribution >= 4 is 26.9 Å². The van der Waals surface area contributed by atoms with E-state index in [-0.39, 0.29) is 10.9 Å². The summed E-state index contributed by atoms with van der Waals surface area (Å²) in [5, 5.41) is 2.71. The fourth-order valence-corrected chi connectivity index (χ4v) is 4.63. The Kier molecular flexibility index (Phi) is 3.82. The number of sulfone groups is 1. The second-order valence-corrected chi connectivity index (χ2v) is 9.04. The third-order valence-electron chi connectivity index (χ3n) is 5.11. The van der Waals surface area contributed by atoms with Gasteiger partial charge in [-0.2, -0.15) is 0 Å². The van der Waals surface area contributed by atoms with Gasteiger partial charge in [-0.25, -0.2) is 13.4 Å². The summed E-state index contributed by atoms with van der Waals surface area (Å²) >= 11 is 0. The molecule has 0 saturated carbocycles. The molecule has 144 valence electrons. The Morgan fingerprint density at radius 1 is 1.00 bits per heavy atom. The summed E-state index contributed by atoms with van der Waals surface area (Å²) in [4.78, 5) is 17.0. The van der Waals surface area contributed by atoms with Crippen molar-refractivity contribution < 1.29 is 13.2 Å². The maximum absolute atomic E-state index is 12.9. The van der Waals surface area contributed by atoms with E-state index in [4.69, 9.17) is 0 Å². The van der Waals surface area contributed by atoms with Gasteiger partial charge in [0.1, 0.15) is 0 Å². The lowest BCUT2D eigenvalue weighted by Crippen LogP contribution is -2.13. The molecule has 1 amide bonds. The number of carbonyl (C=O) groups is 1. The second kappa shape index (κ2) is 6.28. The van der Waals surface area contributed by atoms with Crippen molar-refractivity contribution in [2.24, 2.45) is 0 Å². The van der Waals surface area contributed by atoms with Crippen molar-refractivity contribution in [1.82, 2.24) is 9.38 Å². The standard InChI is InChI=1S/C22H17N3O3S/c1-29(27,28)22-24-20(19-8-4-5-11-25(19)22)21(26)23-16-9-10-18-15(13-16)12-14-6-2-3-7-17(14)18/h2-11,13H,12H2,1H3,(H,23,26). The van der Waals surface area contributed by atoms with Crippen LogP contribution in [0, 0.1) is 0 Å². The predicted molar refractivity (Wildman–Crippen MR) is 111 cm³/mol. The smallest absolute Gasteiger partial charge is 0.276 e. The van der Waals surface area contributed by atoms with E-state index >= 15 is 0 Å². The number of aromatic nitrogens is 2. The summed E-state index contributed by atoms with van der Waals surface area (Å²) in [7, 11) is -3.58. The number of anilines is 1. The molecule has 1 aliphatic carbocycles. The van der Waals surface area contributed by atoms with Crippen molar-refractivity contribution in [2.45, 2.75) is 11.6 Å². The van der Waals surface area contributed by atoms with Crippen LogP contribution >= 0.6 is 0 Å². The van der Waals surface area contributed by atoms with E-state index in [9.17, 15) is 13.2 Å². The highest BCUT2D eigenvalue weighted by molar-refractivity contribution is 7.90. The van der Waals surface area contributed by atoms with Crippen LogP contribution in [0.4, 0.5) is 5.69 Å². The Bertz CT molecular complexity index is 1400. The molecule has 7 heteroatoms. The van der Waals surface area contributed by atoms with Crippen LogP contribution in [0.3, 0.4) is 0 Å². The van der Waals surface area contributed by atoms with Gasteiger partial charge in [0.05, 0.1) is 5.52 Å². The zero-order valence-electron chi connectivity index (χ0n) is 15.6.